The van der Waals surface area contributed by atoms with Crippen LogP contribution in [-0.4, -0.2) is 16.8 Å². The number of nitrogens with zero attached hydrogens (tertiary/aromatic N) is 1. The molecule has 1 aliphatic rings. The highest BCUT2D eigenvalue weighted by Gasteiger charge is 2.35. The largest absolute Gasteiger partial charge is 0.451 e. The average molecular weight is 323 g/mol. The molecule has 0 saturated heterocycles. The molecule has 0 radical (unpaired) electrons. The summed E-state index contributed by atoms with van der Waals surface area (Å²) in [6.07, 6.45) is 1.92. The van der Waals surface area contributed by atoms with Gasteiger partial charge in [0.1, 0.15) is 11.4 Å². The van der Waals surface area contributed by atoms with E-state index in [-0.39, 0.29) is 24.3 Å². The zero-order chi connectivity index (χ0) is 16.7. The fraction of sp³-hybridized carbons (Fsp3) is 0.250. The first-order valence-electron chi connectivity index (χ1n) is 8.17. The number of carbonyl (C=O) groups excluding carboxylic acids is 1. The third kappa shape index (κ3) is 2.58. The smallest absolute Gasteiger partial charge is 0.290 e. The van der Waals surface area contributed by atoms with Gasteiger partial charge in [0.25, 0.3) is 5.91 Å². The molecule has 0 bridgehead atoms. The van der Waals surface area contributed by atoms with Crippen LogP contribution in [0.2, 0.25) is 0 Å². The van der Waals surface area contributed by atoms with Crippen LogP contribution in [0.15, 0.2) is 52.9 Å². The molecule has 1 aliphatic carbocycles. The monoisotopic (exact) mass is 323 g/mol. The van der Waals surface area contributed by atoms with E-state index in [9.17, 15) is 9.18 Å². The lowest BCUT2D eigenvalue weighted by molar-refractivity contribution is 0.0697. The minimum Gasteiger partial charge on any atom is -0.451 e. The molecule has 0 aliphatic heterocycles. The van der Waals surface area contributed by atoms with Crippen molar-refractivity contribution >= 4 is 16.9 Å². The molecule has 122 valence electrons. The van der Waals surface area contributed by atoms with Crippen molar-refractivity contribution in [2.24, 2.45) is 0 Å². The Balaban J connectivity index is 1.69. The Morgan fingerprint density at radius 3 is 2.58 bits per heavy atom. The van der Waals surface area contributed by atoms with E-state index in [4.69, 9.17) is 4.42 Å². The maximum absolute atomic E-state index is 14.0. The number of para-hydroxylation sites is 1. The number of fused-ring (bicyclic) bond motifs is 1. The van der Waals surface area contributed by atoms with Gasteiger partial charge < -0.3 is 9.32 Å². The highest BCUT2D eigenvalue weighted by Crippen LogP contribution is 2.33. The van der Waals surface area contributed by atoms with Gasteiger partial charge in [-0.15, -0.1) is 0 Å². The van der Waals surface area contributed by atoms with Crippen molar-refractivity contribution in [1.29, 1.82) is 0 Å². The lowest BCUT2D eigenvalue weighted by atomic mass is 10.1. The van der Waals surface area contributed by atoms with Crippen LogP contribution in [0.5, 0.6) is 0 Å². The molecule has 1 heterocycles. The standard InChI is InChI=1S/C20H18FNO2/c1-13-16-7-3-5-9-18(16)24-19(13)20(23)22(15-10-11-15)12-14-6-2-4-8-17(14)21/h2-9,15H,10-12H2,1H3. The first-order chi connectivity index (χ1) is 11.6. The fourth-order valence-electron chi connectivity index (χ4n) is 3.07. The predicted octanol–water partition coefficient (Wildman–Crippen LogP) is 4.69. The second-order valence-corrected chi connectivity index (χ2v) is 6.31. The van der Waals surface area contributed by atoms with E-state index in [0.29, 0.717) is 16.9 Å². The predicted molar refractivity (Wildman–Crippen MR) is 90.2 cm³/mol. The second kappa shape index (κ2) is 5.78. The van der Waals surface area contributed by atoms with Crippen molar-refractivity contribution in [3.63, 3.8) is 0 Å². The molecule has 0 spiro atoms. The van der Waals surface area contributed by atoms with Crippen LogP contribution in [0.25, 0.3) is 11.0 Å². The maximum Gasteiger partial charge on any atom is 0.290 e. The molecular weight excluding hydrogens is 305 g/mol. The van der Waals surface area contributed by atoms with Crippen molar-refractivity contribution in [2.75, 3.05) is 0 Å². The molecule has 1 aromatic heterocycles. The number of benzene rings is 2. The van der Waals surface area contributed by atoms with Crippen molar-refractivity contribution in [1.82, 2.24) is 4.90 Å². The van der Waals surface area contributed by atoms with Gasteiger partial charge in [-0.3, -0.25) is 4.79 Å². The Kier molecular flexibility index (Phi) is 3.60. The Bertz CT molecular complexity index is 911. The summed E-state index contributed by atoms with van der Waals surface area (Å²) in [6.45, 7) is 2.17. The summed E-state index contributed by atoms with van der Waals surface area (Å²) in [5.41, 5.74) is 2.08. The second-order valence-electron chi connectivity index (χ2n) is 6.31. The third-order valence-electron chi connectivity index (χ3n) is 4.58. The molecule has 0 unspecified atom stereocenters. The van der Waals surface area contributed by atoms with Crippen LogP contribution >= 0.6 is 0 Å². The van der Waals surface area contributed by atoms with E-state index >= 15 is 0 Å². The van der Waals surface area contributed by atoms with E-state index in [2.05, 4.69) is 0 Å². The van der Waals surface area contributed by atoms with Crippen molar-refractivity contribution in [2.45, 2.75) is 32.4 Å². The topological polar surface area (TPSA) is 33.5 Å². The van der Waals surface area contributed by atoms with Gasteiger partial charge in [0.2, 0.25) is 0 Å². The van der Waals surface area contributed by atoms with Crippen molar-refractivity contribution < 1.29 is 13.6 Å². The SMILES string of the molecule is Cc1c(C(=O)N(Cc2ccccc2F)C2CC2)oc2ccccc12. The molecule has 2 aromatic carbocycles. The number of hydrogen-bond donors (Lipinski definition) is 0. The Hall–Kier alpha value is -2.62. The summed E-state index contributed by atoms with van der Waals surface area (Å²) >= 11 is 0. The maximum atomic E-state index is 14.0. The quantitative estimate of drug-likeness (QED) is 0.698. The van der Waals surface area contributed by atoms with Gasteiger partial charge in [-0.25, -0.2) is 4.39 Å². The lowest BCUT2D eigenvalue weighted by Crippen LogP contribution is -2.33. The van der Waals surface area contributed by atoms with Crippen molar-refractivity contribution in [3.05, 3.63) is 71.2 Å². The Morgan fingerprint density at radius 1 is 1.17 bits per heavy atom. The van der Waals surface area contributed by atoms with Crippen LogP contribution in [0.1, 0.15) is 34.5 Å². The summed E-state index contributed by atoms with van der Waals surface area (Å²) in [4.78, 5) is 14.8. The molecule has 24 heavy (non-hydrogen) atoms. The molecule has 3 nitrogen and oxygen atoms in total. The summed E-state index contributed by atoms with van der Waals surface area (Å²) < 4.78 is 19.8. The van der Waals surface area contributed by atoms with E-state index in [0.717, 1.165) is 23.8 Å². The van der Waals surface area contributed by atoms with Gasteiger partial charge in [0.15, 0.2) is 5.76 Å². The van der Waals surface area contributed by atoms with Gasteiger partial charge in [-0.1, -0.05) is 36.4 Å². The number of aryl methyl sites for hydroxylation is 1. The van der Waals surface area contributed by atoms with Gasteiger partial charge in [0.05, 0.1) is 0 Å². The van der Waals surface area contributed by atoms with Crippen LogP contribution < -0.4 is 0 Å². The summed E-state index contributed by atoms with van der Waals surface area (Å²) in [7, 11) is 0. The zero-order valence-electron chi connectivity index (χ0n) is 13.5. The third-order valence-corrected chi connectivity index (χ3v) is 4.58. The highest BCUT2D eigenvalue weighted by atomic mass is 19.1. The van der Waals surface area contributed by atoms with Gasteiger partial charge >= 0.3 is 0 Å². The minimum atomic E-state index is -0.280. The summed E-state index contributed by atoms with van der Waals surface area (Å²) in [5.74, 6) is -0.0776. The molecule has 0 N–H and O–H groups in total. The molecule has 0 atom stereocenters. The Labute approximate surface area is 139 Å². The molecule has 1 fully saturated rings. The summed E-state index contributed by atoms with van der Waals surface area (Å²) in [6, 6.07) is 14.4. The molecule has 3 aromatic rings. The van der Waals surface area contributed by atoms with Crippen molar-refractivity contribution in [3.8, 4) is 0 Å². The van der Waals surface area contributed by atoms with Gasteiger partial charge in [0, 0.05) is 29.1 Å². The summed E-state index contributed by atoms with van der Waals surface area (Å²) in [5, 5.41) is 0.947. The number of rotatable bonds is 4. The average Bonchev–Trinajstić information content (AvgIpc) is 3.38. The van der Waals surface area contributed by atoms with Crippen LogP contribution in [0.4, 0.5) is 4.39 Å². The van der Waals surface area contributed by atoms with Crippen LogP contribution in [0, 0.1) is 12.7 Å². The fourth-order valence-corrected chi connectivity index (χ4v) is 3.07. The lowest BCUT2D eigenvalue weighted by Gasteiger charge is -2.22. The number of halogens is 1. The molecule has 1 saturated carbocycles. The number of furan rings is 1. The first-order valence-corrected chi connectivity index (χ1v) is 8.17. The van der Waals surface area contributed by atoms with Crippen LogP contribution in [-0.2, 0) is 6.54 Å². The normalized spacial score (nSPS) is 14.1. The molecule has 4 heteroatoms. The van der Waals surface area contributed by atoms with E-state index in [1.165, 1.54) is 6.07 Å². The zero-order valence-corrected chi connectivity index (χ0v) is 13.5. The number of carbonyl (C=O) groups is 1. The Morgan fingerprint density at radius 2 is 1.88 bits per heavy atom. The van der Waals surface area contributed by atoms with E-state index < -0.39 is 0 Å². The van der Waals surface area contributed by atoms with E-state index in [1.54, 1.807) is 23.1 Å². The molecule has 1 amide bonds. The number of hydrogen-bond acceptors (Lipinski definition) is 2. The van der Waals surface area contributed by atoms with Crippen LogP contribution in [0.3, 0.4) is 0 Å². The van der Waals surface area contributed by atoms with E-state index in [1.807, 2.05) is 31.2 Å². The number of amides is 1. The molecular formula is C20H18FNO2. The minimum absolute atomic E-state index is 0.158. The first kappa shape index (κ1) is 14.9. The molecule has 4 rings (SSSR count). The van der Waals surface area contributed by atoms with Gasteiger partial charge in [-0.2, -0.15) is 0 Å². The van der Waals surface area contributed by atoms with Gasteiger partial charge in [-0.05, 0) is 31.9 Å². The highest BCUT2D eigenvalue weighted by molar-refractivity contribution is 5.99.